The standard InChI is InChI=1S/C19H18BrF3N2O3/c1-25(12-14-4-2-3-5-16(14)28-19(21,22)23)17(26)10-11-24-18(27)13-6-8-15(20)9-7-13/h2-9H,10-12H2,1H3,(H,24,27). The minimum Gasteiger partial charge on any atom is -0.405 e. The van der Waals surface area contributed by atoms with E-state index in [1.54, 1.807) is 30.3 Å². The number of nitrogens with zero attached hydrogens (tertiary/aromatic N) is 1. The molecule has 2 rings (SSSR count). The van der Waals surface area contributed by atoms with Gasteiger partial charge in [0.15, 0.2) is 0 Å². The van der Waals surface area contributed by atoms with Crippen molar-refractivity contribution in [2.45, 2.75) is 19.3 Å². The molecule has 0 fully saturated rings. The first-order valence-electron chi connectivity index (χ1n) is 8.27. The number of hydrogen-bond acceptors (Lipinski definition) is 3. The highest BCUT2D eigenvalue weighted by atomic mass is 79.9. The molecule has 0 spiro atoms. The molecule has 2 aromatic rings. The van der Waals surface area contributed by atoms with E-state index < -0.39 is 6.36 Å². The molecular weight excluding hydrogens is 441 g/mol. The number of alkyl halides is 3. The molecule has 0 heterocycles. The highest BCUT2D eigenvalue weighted by molar-refractivity contribution is 9.10. The van der Waals surface area contributed by atoms with Gasteiger partial charge in [-0.25, -0.2) is 0 Å². The average Bonchev–Trinajstić information content (AvgIpc) is 2.62. The average molecular weight is 459 g/mol. The fourth-order valence-electron chi connectivity index (χ4n) is 2.38. The first-order valence-corrected chi connectivity index (χ1v) is 9.06. The first-order chi connectivity index (χ1) is 13.2. The van der Waals surface area contributed by atoms with Crippen LogP contribution in [-0.2, 0) is 11.3 Å². The Kier molecular flexibility index (Phi) is 7.45. The number of ether oxygens (including phenoxy) is 1. The Bertz CT molecular complexity index is 826. The molecule has 0 atom stereocenters. The van der Waals surface area contributed by atoms with Crippen molar-refractivity contribution in [3.8, 4) is 5.75 Å². The number of amides is 2. The molecular formula is C19H18BrF3N2O3. The quantitative estimate of drug-likeness (QED) is 0.678. The van der Waals surface area contributed by atoms with Gasteiger partial charge in [0, 0.05) is 42.2 Å². The van der Waals surface area contributed by atoms with Crippen molar-refractivity contribution in [3.05, 3.63) is 64.1 Å². The van der Waals surface area contributed by atoms with Crippen LogP contribution in [0.15, 0.2) is 53.0 Å². The first kappa shape index (κ1) is 21.7. The van der Waals surface area contributed by atoms with E-state index in [4.69, 9.17) is 0 Å². The molecule has 0 saturated heterocycles. The molecule has 9 heteroatoms. The van der Waals surface area contributed by atoms with Crippen LogP contribution in [0.1, 0.15) is 22.3 Å². The van der Waals surface area contributed by atoms with Crippen molar-refractivity contribution in [2.75, 3.05) is 13.6 Å². The van der Waals surface area contributed by atoms with E-state index in [0.29, 0.717) is 5.56 Å². The summed E-state index contributed by atoms with van der Waals surface area (Å²) in [5.74, 6) is -0.983. The van der Waals surface area contributed by atoms with Crippen molar-refractivity contribution >= 4 is 27.7 Å². The van der Waals surface area contributed by atoms with Crippen molar-refractivity contribution in [1.82, 2.24) is 10.2 Å². The summed E-state index contributed by atoms with van der Waals surface area (Å²) in [7, 11) is 1.48. The normalized spacial score (nSPS) is 11.0. The Hall–Kier alpha value is -2.55. The Labute approximate surface area is 168 Å². The second kappa shape index (κ2) is 9.59. The van der Waals surface area contributed by atoms with Crippen LogP contribution >= 0.6 is 15.9 Å². The molecule has 0 saturated carbocycles. The monoisotopic (exact) mass is 458 g/mol. The van der Waals surface area contributed by atoms with Crippen LogP contribution in [0.25, 0.3) is 0 Å². The van der Waals surface area contributed by atoms with Crippen LogP contribution in [0.2, 0.25) is 0 Å². The van der Waals surface area contributed by atoms with E-state index in [9.17, 15) is 22.8 Å². The number of nitrogens with one attached hydrogen (secondary N) is 1. The molecule has 0 aromatic heterocycles. The lowest BCUT2D eigenvalue weighted by Gasteiger charge is -2.20. The lowest BCUT2D eigenvalue weighted by atomic mass is 10.2. The van der Waals surface area contributed by atoms with Crippen LogP contribution in [-0.4, -0.2) is 36.7 Å². The molecule has 5 nitrogen and oxygen atoms in total. The van der Waals surface area contributed by atoms with Gasteiger partial charge in [0.2, 0.25) is 5.91 Å². The maximum absolute atomic E-state index is 12.5. The van der Waals surface area contributed by atoms with Gasteiger partial charge in [0.05, 0.1) is 0 Å². The number of carbonyl (C=O) groups excluding carboxylic acids is 2. The maximum Gasteiger partial charge on any atom is 0.573 e. The summed E-state index contributed by atoms with van der Waals surface area (Å²) in [6, 6.07) is 12.4. The summed E-state index contributed by atoms with van der Waals surface area (Å²) >= 11 is 3.28. The smallest absolute Gasteiger partial charge is 0.405 e. The van der Waals surface area contributed by atoms with Crippen LogP contribution in [0, 0.1) is 0 Å². The number of hydrogen-bond donors (Lipinski definition) is 1. The lowest BCUT2D eigenvalue weighted by molar-refractivity contribution is -0.275. The molecule has 150 valence electrons. The van der Waals surface area contributed by atoms with E-state index in [1.165, 1.54) is 30.1 Å². The molecule has 2 aromatic carbocycles. The summed E-state index contributed by atoms with van der Waals surface area (Å²) < 4.78 is 42.3. The van der Waals surface area contributed by atoms with Gasteiger partial charge >= 0.3 is 6.36 Å². The second-order valence-electron chi connectivity index (χ2n) is 5.92. The third-order valence-corrected chi connectivity index (χ3v) is 4.29. The Morgan fingerprint density at radius 1 is 1.11 bits per heavy atom. The van der Waals surface area contributed by atoms with E-state index in [2.05, 4.69) is 26.0 Å². The molecule has 0 radical (unpaired) electrons. The highest BCUT2D eigenvalue weighted by Crippen LogP contribution is 2.27. The zero-order valence-corrected chi connectivity index (χ0v) is 16.5. The number of halogens is 4. The van der Waals surface area contributed by atoms with E-state index >= 15 is 0 Å². The zero-order valence-electron chi connectivity index (χ0n) is 14.9. The number of carbonyl (C=O) groups is 2. The molecule has 0 aliphatic carbocycles. The fourth-order valence-corrected chi connectivity index (χ4v) is 2.64. The van der Waals surface area contributed by atoms with Gasteiger partial charge < -0.3 is 15.0 Å². The highest BCUT2D eigenvalue weighted by Gasteiger charge is 2.32. The predicted octanol–water partition coefficient (Wildman–Crippen LogP) is 4.13. The van der Waals surface area contributed by atoms with Crippen molar-refractivity contribution in [2.24, 2.45) is 0 Å². The summed E-state index contributed by atoms with van der Waals surface area (Å²) in [6.45, 7) is 0.0600. The van der Waals surface area contributed by atoms with Gasteiger partial charge in [0.1, 0.15) is 5.75 Å². The van der Waals surface area contributed by atoms with Gasteiger partial charge in [-0.05, 0) is 30.3 Å². The van der Waals surface area contributed by atoms with E-state index in [0.717, 1.165) is 4.47 Å². The van der Waals surface area contributed by atoms with Crippen LogP contribution in [0.3, 0.4) is 0 Å². The summed E-state index contributed by atoms with van der Waals surface area (Å²) in [6.07, 6.45) is -4.79. The van der Waals surface area contributed by atoms with Gasteiger partial charge in [-0.15, -0.1) is 13.2 Å². The molecule has 2 amide bonds. The van der Waals surface area contributed by atoms with Crippen molar-refractivity contribution in [3.63, 3.8) is 0 Å². The number of para-hydroxylation sites is 1. The Morgan fingerprint density at radius 2 is 1.75 bits per heavy atom. The minimum absolute atomic E-state index is 0.0149. The third kappa shape index (κ3) is 6.88. The minimum atomic E-state index is -4.81. The number of rotatable bonds is 7. The molecule has 0 aliphatic rings. The van der Waals surface area contributed by atoms with Gasteiger partial charge in [-0.2, -0.15) is 0 Å². The molecule has 0 aliphatic heterocycles. The predicted molar refractivity (Wildman–Crippen MR) is 101 cm³/mol. The van der Waals surface area contributed by atoms with Crippen molar-refractivity contribution < 1.29 is 27.5 Å². The molecule has 0 bridgehead atoms. The van der Waals surface area contributed by atoms with E-state index in [1.807, 2.05) is 0 Å². The summed E-state index contributed by atoms with van der Waals surface area (Å²) in [5.41, 5.74) is 0.691. The Balaban J connectivity index is 1.86. The molecule has 1 N–H and O–H groups in total. The lowest BCUT2D eigenvalue weighted by Crippen LogP contribution is -2.32. The topological polar surface area (TPSA) is 58.6 Å². The third-order valence-electron chi connectivity index (χ3n) is 3.76. The van der Waals surface area contributed by atoms with Gasteiger partial charge in [0.25, 0.3) is 5.91 Å². The molecule has 28 heavy (non-hydrogen) atoms. The zero-order chi connectivity index (χ0) is 20.7. The van der Waals surface area contributed by atoms with Gasteiger partial charge in [-0.3, -0.25) is 9.59 Å². The number of benzene rings is 2. The summed E-state index contributed by atoms with van der Waals surface area (Å²) in [4.78, 5) is 25.5. The van der Waals surface area contributed by atoms with Gasteiger partial charge in [-0.1, -0.05) is 34.1 Å². The van der Waals surface area contributed by atoms with Crippen molar-refractivity contribution in [1.29, 1.82) is 0 Å². The largest absolute Gasteiger partial charge is 0.573 e. The maximum atomic E-state index is 12.5. The van der Waals surface area contributed by atoms with Crippen LogP contribution in [0.4, 0.5) is 13.2 Å². The van der Waals surface area contributed by atoms with E-state index in [-0.39, 0.29) is 42.6 Å². The Morgan fingerprint density at radius 3 is 2.39 bits per heavy atom. The summed E-state index contributed by atoms with van der Waals surface area (Å²) in [5, 5.41) is 2.64. The van der Waals surface area contributed by atoms with Crippen LogP contribution in [0.5, 0.6) is 5.75 Å². The fraction of sp³-hybridized carbons (Fsp3) is 0.263. The second-order valence-corrected chi connectivity index (χ2v) is 6.83. The molecule has 0 unspecified atom stereocenters. The van der Waals surface area contributed by atoms with Crippen LogP contribution < -0.4 is 10.1 Å². The SMILES string of the molecule is CN(Cc1ccccc1OC(F)(F)F)C(=O)CCNC(=O)c1ccc(Br)cc1.